The molecule has 2 heterocycles. The third kappa shape index (κ3) is 3.40. The van der Waals surface area contributed by atoms with E-state index in [2.05, 4.69) is 10.3 Å². The average Bonchev–Trinajstić information content (AvgIpc) is 2.74. The van der Waals surface area contributed by atoms with Crippen LogP contribution in [0.5, 0.6) is 5.75 Å². The van der Waals surface area contributed by atoms with Crippen LogP contribution in [0.1, 0.15) is 6.92 Å². The molecule has 1 aliphatic heterocycles. The van der Waals surface area contributed by atoms with Gasteiger partial charge in [-0.15, -0.1) is 0 Å². The van der Waals surface area contributed by atoms with Gasteiger partial charge in [0.2, 0.25) is 6.41 Å². The molecule has 17 heavy (non-hydrogen) atoms. The molecule has 1 amide bonds. The van der Waals surface area contributed by atoms with Gasteiger partial charge >= 0.3 is 0 Å². The van der Waals surface area contributed by atoms with Gasteiger partial charge in [0.1, 0.15) is 24.3 Å². The molecule has 1 N–H and O–H groups in total. The Morgan fingerprint density at radius 3 is 3.29 bits per heavy atom. The molecule has 2 atom stereocenters. The van der Waals surface area contributed by atoms with Crippen molar-refractivity contribution in [1.29, 1.82) is 0 Å². The number of hydrogen-bond donors (Lipinski definition) is 1. The Morgan fingerprint density at radius 1 is 1.71 bits per heavy atom. The lowest BCUT2D eigenvalue weighted by atomic mass is 10.4. The summed E-state index contributed by atoms with van der Waals surface area (Å²) in [6.45, 7) is 2.79. The Morgan fingerprint density at radius 2 is 2.59 bits per heavy atom. The molecule has 2 unspecified atom stereocenters. The molecule has 1 fully saturated rings. The van der Waals surface area contributed by atoms with Crippen molar-refractivity contribution in [3.8, 4) is 5.75 Å². The summed E-state index contributed by atoms with van der Waals surface area (Å²) < 4.78 is 16.2. The van der Waals surface area contributed by atoms with E-state index in [-0.39, 0.29) is 12.4 Å². The predicted octanol–water partition coefficient (Wildman–Crippen LogP) is 0.790. The highest BCUT2D eigenvalue weighted by Crippen LogP contribution is 2.16. The summed E-state index contributed by atoms with van der Waals surface area (Å²) in [5.41, 5.74) is 0. The van der Waals surface area contributed by atoms with Crippen molar-refractivity contribution in [2.45, 2.75) is 19.3 Å². The zero-order valence-corrected chi connectivity index (χ0v) is 9.46. The normalized spacial score (nSPS) is 23.4. The zero-order chi connectivity index (χ0) is 12.1. The Labute approximate surface area is 98.9 Å². The van der Waals surface area contributed by atoms with E-state index in [1.807, 2.05) is 6.92 Å². The van der Waals surface area contributed by atoms with Gasteiger partial charge in [-0.05, 0) is 13.0 Å². The number of aromatic nitrogens is 1. The van der Waals surface area contributed by atoms with E-state index in [0.717, 1.165) is 0 Å². The van der Waals surface area contributed by atoms with E-state index >= 15 is 0 Å². The number of hydrogen-bond acceptors (Lipinski definition) is 5. The summed E-state index contributed by atoms with van der Waals surface area (Å²) in [5.74, 6) is 1.09. The molecule has 0 aromatic carbocycles. The number of amides is 1. The lowest BCUT2D eigenvalue weighted by Gasteiger charge is -2.11. The van der Waals surface area contributed by atoms with Crippen molar-refractivity contribution in [1.82, 2.24) is 4.98 Å². The molecule has 92 valence electrons. The summed E-state index contributed by atoms with van der Waals surface area (Å²) in [6.07, 6.45) is 1.91. The zero-order valence-electron chi connectivity index (χ0n) is 9.46. The van der Waals surface area contributed by atoms with Crippen LogP contribution >= 0.6 is 0 Å². The molecule has 1 aromatic rings. The van der Waals surface area contributed by atoms with Crippen molar-refractivity contribution < 1.29 is 19.0 Å². The summed E-state index contributed by atoms with van der Waals surface area (Å²) in [7, 11) is 0. The molecular formula is C11H14N2O4. The molecule has 1 saturated heterocycles. The fraction of sp³-hybridized carbons (Fsp3) is 0.455. The van der Waals surface area contributed by atoms with Gasteiger partial charge in [-0.1, -0.05) is 0 Å². The van der Waals surface area contributed by atoms with E-state index in [9.17, 15) is 4.79 Å². The van der Waals surface area contributed by atoms with Crippen LogP contribution in [0.3, 0.4) is 0 Å². The topological polar surface area (TPSA) is 69.7 Å². The second-order valence-electron chi connectivity index (χ2n) is 3.61. The third-order valence-electron chi connectivity index (χ3n) is 2.28. The number of carbonyl (C=O) groups is 1. The molecule has 0 spiro atoms. The second-order valence-corrected chi connectivity index (χ2v) is 3.61. The fourth-order valence-electron chi connectivity index (χ4n) is 1.51. The first-order chi connectivity index (χ1) is 8.28. The van der Waals surface area contributed by atoms with Crippen molar-refractivity contribution in [2.75, 3.05) is 18.5 Å². The molecule has 6 heteroatoms. The highest BCUT2D eigenvalue weighted by molar-refractivity contribution is 5.69. The van der Waals surface area contributed by atoms with Crippen molar-refractivity contribution in [3.05, 3.63) is 18.3 Å². The third-order valence-corrected chi connectivity index (χ3v) is 2.28. The lowest BCUT2D eigenvalue weighted by Crippen LogP contribution is -2.20. The van der Waals surface area contributed by atoms with Gasteiger partial charge in [-0.2, -0.15) is 0 Å². The molecule has 0 aliphatic carbocycles. The van der Waals surface area contributed by atoms with Crippen LogP contribution in [-0.2, 0) is 14.3 Å². The number of nitrogens with one attached hydrogen (secondary N) is 1. The van der Waals surface area contributed by atoms with Crippen molar-refractivity contribution in [2.24, 2.45) is 0 Å². The predicted molar refractivity (Wildman–Crippen MR) is 59.7 cm³/mol. The van der Waals surface area contributed by atoms with Crippen molar-refractivity contribution in [3.63, 3.8) is 0 Å². The molecule has 0 bridgehead atoms. The van der Waals surface area contributed by atoms with Gasteiger partial charge in [0.15, 0.2) is 6.29 Å². The largest absolute Gasteiger partial charge is 0.491 e. The number of rotatable bonds is 5. The smallest absolute Gasteiger partial charge is 0.212 e. The Kier molecular flexibility index (Phi) is 3.89. The van der Waals surface area contributed by atoms with E-state index in [1.165, 1.54) is 0 Å². The minimum atomic E-state index is -0.173. The van der Waals surface area contributed by atoms with Crippen LogP contribution in [0.25, 0.3) is 0 Å². The molecule has 2 rings (SSSR count). The first-order valence-corrected chi connectivity index (χ1v) is 5.34. The second kappa shape index (κ2) is 5.60. The van der Waals surface area contributed by atoms with Crippen LogP contribution in [0, 0.1) is 0 Å². The first kappa shape index (κ1) is 11.8. The monoisotopic (exact) mass is 238 g/mol. The average molecular weight is 238 g/mol. The maximum Gasteiger partial charge on any atom is 0.212 e. The van der Waals surface area contributed by atoms with E-state index < -0.39 is 0 Å². The molecule has 1 aromatic heterocycles. The molecular weight excluding hydrogens is 224 g/mol. The Balaban J connectivity index is 1.85. The maximum absolute atomic E-state index is 10.3. The van der Waals surface area contributed by atoms with Crippen LogP contribution in [0.15, 0.2) is 18.3 Å². The van der Waals surface area contributed by atoms with Crippen LogP contribution < -0.4 is 10.1 Å². The van der Waals surface area contributed by atoms with Gasteiger partial charge in [-0.25, -0.2) is 4.98 Å². The Hall–Kier alpha value is -1.66. The minimum absolute atomic E-state index is 0.0550. The maximum atomic E-state index is 10.3. The molecule has 1 aliphatic rings. The van der Waals surface area contributed by atoms with E-state index in [1.54, 1.807) is 18.3 Å². The lowest BCUT2D eigenvalue weighted by molar-refractivity contribution is -0.105. The summed E-state index contributed by atoms with van der Waals surface area (Å²) >= 11 is 0. The number of pyridine rings is 1. The summed E-state index contributed by atoms with van der Waals surface area (Å²) in [6, 6.07) is 3.36. The Bertz CT molecular complexity index is 385. The number of carbonyl (C=O) groups excluding carboxylic acids is 1. The first-order valence-electron chi connectivity index (χ1n) is 5.34. The molecule has 6 nitrogen and oxygen atoms in total. The van der Waals surface area contributed by atoms with Crippen molar-refractivity contribution >= 4 is 12.2 Å². The van der Waals surface area contributed by atoms with E-state index in [4.69, 9.17) is 14.2 Å². The van der Waals surface area contributed by atoms with Gasteiger partial charge in [-0.3, -0.25) is 4.79 Å². The standard InChI is InChI=1S/C11H14N2O4/c1-8-15-5-10(17-8)6-16-9-2-3-12-11(4-9)13-7-14/h2-4,7-8,10H,5-6H2,1H3,(H,12,13,14). The van der Waals surface area contributed by atoms with Gasteiger partial charge in [0.25, 0.3) is 0 Å². The van der Waals surface area contributed by atoms with E-state index in [0.29, 0.717) is 31.2 Å². The minimum Gasteiger partial charge on any atom is -0.491 e. The fourth-order valence-corrected chi connectivity index (χ4v) is 1.51. The SMILES string of the molecule is CC1OCC(COc2ccnc(NC=O)c2)O1. The number of ether oxygens (including phenoxy) is 3. The van der Waals surface area contributed by atoms with Gasteiger partial charge in [0, 0.05) is 12.3 Å². The van der Waals surface area contributed by atoms with Crippen LogP contribution in [0.4, 0.5) is 5.82 Å². The highest BCUT2D eigenvalue weighted by atomic mass is 16.7. The highest BCUT2D eigenvalue weighted by Gasteiger charge is 2.22. The summed E-state index contributed by atoms with van der Waals surface area (Å²) in [5, 5.41) is 2.46. The van der Waals surface area contributed by atoms with Gasteiger partial charge < -0.3 is 19.5 Å². The molecule has 0 radical (unpaired) electrons. The number of anilines is 1. The van der Waals surface area contributed by atoms with Gasteiger partial charge in [0.05, 0.1) is 6.61 Å². The summed E-state index contributed by atoms with van der Waals surface area (Å²) in [4.78, 5) is 14.2. The van der Waals surface area contributed by atoms with Crippen LogP contribution in [-0.4, -0.2) is 37.0 Å². The molecule has 0 saturated carbocycles. The quantitative estimate of drug-likeness (QED) is 0.768. The number of nitrogens with zero attached hydrogens (tertiary/aromatic N) is 1. The van der Waals surface area contributed by atoms with Crippen LogP contribution in [0.2, 0.25) is 0 Å².